The van der Waals surface area contributed by atoms with Crippen LogP contribution < -0.4 is 0 Å². The van der Waals surface area contributed by atoms with Crippen molar-refractivity contribution in [3.63, 3.8) is 0 Å². The highest BCUT2D eigenvalue weighted by atomic mass is 16.6. The zero-order valence-corrected chi connectivity index (χ0v) is 7.91. The minimum absolute atomic E-state index is 0.380. The third-order valence-corrected chi connectivity index (χ3v) is 2.38. The lowest BCUT2D eigenvalue weighted by Crippen LogP contribution is -2.14. The van der Waals surface area contributed by atoms with Gasteiger partial charge in [0.1, 0.15) is 0 Å². The highest BCUT2D eigenvalue weighted by molar-refractivity contribution is 5.89. The molecule has 0 amide bonds. The standard InChI is InChI=1S/C10H15O3/c1-2-9(11)13-10(12)7-8-5-3-4-6-8/h2,8H,3-7H2,1H3. The average Bonchev–Trinajstić information content (AvgIpc) is 2.56. The van der Waals surface area contributed by atoms with Crippen molar-refractivity contribution < 1.29 is 14.3 Å². The van der Waals surface area contributed by atoms with Crippen LogP contribution in [0.4, 0.5) is 0 Å². The molecular weight excluding hydrogens is 168 g/mol. The van der Waals surface area contributed by atoms with Gasteiger partial charge in [0.25, 0.3) is 0 Å². The number of ether oxygens (including phenoxy) is 1. The molecule has 0 atom stereocenters. The first-order valence-corrected chi connectivity index (χ1v) is 4.76. The number of hydrogen-bond acceptors (Lipinski definition) is 3. The fourth-order valence-corrected chi connectivity index (χ4v) is 1.66. The van der Waals surface area contributed by atoms with Crippen LogP contribution >= 0.6 is 0 Å². The molecule has 1 rings (SSSR count). The van der Waals surface area contributed by atoms with Gasteiger partial charge in [-0.05, 0) is 18.8 Å². The molecule has 0 unspecified atom stereocenters. The molecule has 3 nitrogen and oxygen atoms in total. The normalized spacial score (nSPS) is 17.3. The van der Waals surface area contributed by atoms with E-state index >= 15 is 0 Å². The van der Waals surface area contributed by atoms with Gasteiger partial charge in [0.2, 0.25) is 0 Å². The van der Waals surface area contributed by atoms with Crippen molar-refractivity contribution in [2.45, 2.75) is 39.0 Å². The van der Waals surface area contributed by atoms with Crippen LogP contribution in [0, 0.1) is 12.3 Å². The lowest BCUT2D eigenvalue weighted by molar-refractivity contribution is -0.157. The highest BCUT2D eigenvalue weighted by Gasteiger charge is 2.20. The molecule has 0 aliphatic heterocycles. The first kappa shape index (κ1) is 10.2. The van der Waals surface area contributed by atoms with Gasteiger partial charge in [0.15, 0.2) is 0 Å². The molecule has 1 aliphatic carbocycles. The molecule has 0 aromatic rings. The second kappa shape index (κ2) is 5.00. The fourth-order valence-electron chi connectivity index (χ4n) is 1.66. The lowest BCUT2D eigenvalue weighted by atomic mass is 10.0. The van der Waals surface area contributed by atoms with E-state index in [0.717, 1.165) is 12.8 Å². The monoisotopic (exact) mass is 183 g/mol. The zero-order chi connectivity index (χ0) is 9.68. The van der Waals surface area contributed by atoms with E-state index < -0.39 is 5.97 Å². The van der Waals surface area contributed by atoms with Crippen molar-refractivity contribution in [3.05, 3.63) is 6.42 Å². The Balaban J connectivity index is 2.20. The summed E-state index contributed by atoms with van der Waals surface area (Å²) in [6.07, 6.45) is 6.25. The van der Waals surface area contributed by atoms with E-state index in [1.54, 1.807) is 6.92 Å². The third-order valence-electron chi connectivity index (χ3n) is 2.38. The first-order chi connectivity index (χ1) is 6.22. The molecule has 0 aromatic heterocycles. The van der Waals surface area contributed by atoms with Gasteiger partial charge in [-0.1, -0.05) is 19.8 Å². The summed E-state index contributed by atoms with van der Waals surface area (Å²) in [7, 11) is 0. The molecule has 0 saturated heterocycles. The van der Waals surface area contributed by atoms with E-state index in [1.807, 2.05) is 0 Å². The third kappa shape index (κ3) is 3.57. The van der Waals surface area contributed by atoms with Gasteiger partial charge in [0, 0.05) is 6.42 Å². The molecule has 3 heteroatoms. The van der Waals surface area contributed by atoms with E-state index in [9.17, 15) is 9.59 Å². The topological polar surface area (TPSA) is 43.4 Å². The van der Waals surface area contributed by atoms with Crippen molar-refractivity contribution in [1.82, 2.24) is 0 Å². The maximum Gasteiger partial charge on any atom is 0.317 e. The Morgan fingerprint density at radius 3 is 2.54 bits per heavy atom. The van der Waals surface area contributed by atoms with Crippen LogP contribution in [0.3, 0.4) is 0 Å². The van der Waals surface area contributed by atoms with Crippen molar-refractivity contribution in [1.29, 1.82) is 0 Å². The Hall–Kier alpha value is -0.860. The van der Waals surface area contributed by atoms with E-state index in [2.05, 4.69) is 4.74 Å². The Bertz CT molecular complexity index is 192. The summed E-state index contributed by atoms with van der Waals surface area (Å²) in [5, 5.41) is 0. The zero-order valence-electron chi connectivity index (χ0n) is 7.91. The van der Waals surface area contributed by atoms with Crippen molar-refractivity contribution in [2.75, 3.05) is 0 Å². The molecule has 13 heavy (non-hydrogen) atoms. The van der Waals surface area contributed by atoms with Crippen LogP contribution in [0.2, 0.25) is 0 Å². The van der Waals surface area contributed by atoms with Crippen LogP contribution in [0.5, 0.6) is 0 Å². The highest BCUT2D eigenvalue weighted by Crippen LogP contribution is 2.27. The predicted octanol–water partition coefficient (Wildman–Crippen LogP) is 1.86. The summed E-state index contributed by atoms with van der Waals surface area (Å²) in [5.74, 6) is -0.477. The maximum absolute atomic E-state index is 11.1. The Morgan fingerprint density at radius 2 is 2.00 bits per heavy atom. The van der Waals surface area contributed by atoms with Crippen LogP contribution in [0.1, 0.15) is 39.0 Å². The average molecular weight is 183 g/mol. The molecule has 0 aromatic carbocycles. The minimum Gasteiger partial charge on any atom is -0.393 e. The van der Waals surface area contributed by atoms with E-state index in [4.69, 9.17) is 0 Å². The summed E-state index contributed by atoms with van der Waals surface area (Å²) < 4.78 is 4.53. The predicted molar refractivity (Wildman–Crippen MR) is 47.6 cm³/mol. The van der Waals surface area contributed by atoms with Gasteiger partial charge >= 0.3 is 11.9 Å². The quantitative estimate of drug-likeness (QED) is 0.495. The van der Waals surface area contributed by atoms with Crippen LogP contribution in [0.25, 0.3) is 0 Å². The molecule has 1 saturated carbocycles. The van der Waals surface area contributed by atoms with E-state index in [1.165, 1.54) is 19.3 Å². The summed E-state index contributed by atoms with van der Waals surface area (Å²) in [6, 6.07) is 0. The largest absolute Gasteiger partial charge is 0.393 e. The molecule has 0 spiro atoms. The van der Waals surface area contributed by atoms with Gasteiger partial charge in [-0.3, -0.25) is 9.59 Å². The second-order valence-electron chi connectivity index (χ2n) is 3.44. The van der Waals surface area contributed by atoms with Gasteiger partial charge in [-0.25, -0.2) is 0 Å². The lowest BCUT2D eigenvalue weighted by Gasteiger charge is -2.06. The Kier molecular flexibility index (Phi) is 3.93. The molecule has 1 fully saturated rings. The number of esters is 2. The number of hydrogen-bond donors (Lipinski definition) is 0. The van der Waals surface area contributed by atoms with Gasteiger partial charge in [0.05, 0.1) is 6.42 Å². The van der Waals surface area contributed by atoms with Crippen molar-refractivity contribution >= 4 is 11.9 Å². The summed E-state index contributed by atoms with van der Waals surface area (Å²) in [6.45, 7) is 1.56. The molecule has 0 heterocycles. The van der Waals surface area contributed by atoms with Crippen LogP contribution in [-0.2, 0) is 14.3 Å². The minimum atomic E-state index is -0.539. The number of carbonyl (C=O) groups is 2. The van der Waals surface area contributed by atoms with Crippen molar-refractivity contribution in [2.24, 2.45) is 5.92 Å². The van der Waals surface area contributed by atoms with Gasteiger partial charge in [-0.15, -0.1) is 0 Å². The Labute approximate surface area is 78.5 Å². The van der Waals surface area contributed by atoms with Gasteiger partial charge < -0.3 is 4.74 Å². The van der Waals surface area contributed by atoms with E-state index in [-0.39, 0.29) is 5.97 Å². The van der Waals surface area contributed by atoms with Crippen molar-refractivity contribution in [3.8, 4) is 0 Å². The SMILES string of the molecule is C[CH]C(=O)OC(=O)CC1CCCC1. The van der Waals surface area contributed by atoms with E-state index in [0.29, 0.717) is 12.3 Å². The fraction of sp³-hybridized carbons (Fsp3) is 0.700. The molecular formula is C10H15O3. The second-order valence-corrected chi connectivity index (χ2v) is 3.44. The number of carbonyl (C=O) groups excluding carboxylic acids is 2. The van der Waals surface area contributed by atoms with Crippen LogP contribution in [-0.4, -0.2) is 11.9 Å². The molecule has 0 bridgehead atoms. The molecule has 73 valence electrons. The van der Waals surface area contributed by atoms with Crippen LogP contribution in [0.15, 0.2) is 0 Å². The van der Waals surface area contributed by atoms with Gasteiger partial charge in [-0.2, -0.15) is 0 Å². The maximum atomic E-state index is 11.1. The summed E-state index contributed by atoms with van der Waals surface area (Å²) in [5.41, 5.74) is 0. The first-order valence-electron chi connectivity index (χ1n) is 4.76. The molecule has 1 aliphatic rings. The number of rotatable bonds is 3. The smallest absolute Gasteiger partial charge is 0.317 e. The Morgan fingerprint density at radius 1 is 1.38 bits per heavy atom. The molecule has 1 radical (unpaired) electrons. The summed E-state index contributed by atoms with van der Waals surface area (Å²) in [4.78, 5) is 21.8. The summed E-state index contributed by atoms with van der Waals surface area (Å²) >= 11 is 0. The molecule has 0 N–H and O–H groups in total.